The van der Waals surface area contributed by atoms with E-state index in [1.165, 1.54) is 24.1 Å². The molecule has 2 fully saturated rings. The van der Waals surface area contributed by atoms with Gasteiger partial charge in [-0.25, -0.2) is 4.39 Å². The van der Waals surface area contributed by atoms with E-state index in [1.807, 2.05) is 0 Å². The van der Waals surface area contributed by atoms with Crippen LogP contribution in [0.3, 0.4) is 0 Å². The summed E-state index contributed by atoms with van der Waals surface area (Å²) in [5, 5.41) is 10.5. The third-order valence-corrected chi connectivity index (χ3v) is 5.80. The number of rotatable bonds is 5. The van der Waals surface area contributed by atoms with Crippen LogP contribution in [0.15, 0.2) is 0 Å². The van der Waals surface area contributed by atoms with Crippen LogP contribution < -0.4 is 5.32 Å². The van der Waals surface area contributed by atoms with Gasteiger partial charge in [0.15, 0.2) is 0 Å². The van der Waals surface area contributed by atoms with E-state index in [-0.39, 0.29) is 18.4 Å². The predicted molar refractivity (Wildman–Crippen MR) is 89.3 cm³/mol. The molecule has 4 rings (SSSR count). The fourth-order valence-corrected chi connectivity index (χ4v) is 3.92. The summed E-state index contributed by atoms with van der Waals surface area (Å²) < 4.78 is 14.9. The van der Waals surface area contributed by atoms with Crippen LogP contribution in [0.2, 0.25) is 0 Å². The first kappa shape index (κ1) is 16.1. The number of alkyl halides is 1. The van der Waals surface area contributed by atoms with E-state index in [1.54, 1.807) is 0 Å². The van der Waals surface area contributed by atoms with Crippen molar-refractivity contribution >= 4 is 5.91 Å². The van der Waals surface area contributed by atoms with Crippen LogP contribution in [0.5, 0.6) is 0 Å². The van der Waals surface area contributed by atoms with E-state index in [2.05, 4.69) is 20.4 Å². The number of hydrogen-bond acceptors (Lipinski definition) is 3. The van der Waals surface area contributed by atoms with Crippen molar-refractivity contribution in [1.29, 1.82) is 0 Å². The number of nitrogens with one attached hydrogen (secondary N) is 2. The van der Waals surface area contributed by atoms with Crippen LogP contribution in [0.1, 0.15) is 55.5 Å². The fraction of sp³-hybridized carbons (Fsp3) is 0.778. The van der Waals surface area contributed by atoms with E-state index in [9.17, 15) is 9.18 Å². The van der Waals surface area contributed by atoms with Crippen LogP contribution in [-0.4, -0.2) is 46.3 Å². The number of halogens is 1. The molecule has 1 aliphatic heterocycles. The second-order valence-electron chi connectivity index (χ2n) is 7.75. The summed E-state index contributed by atoms with van der Waals surface area (Å²) in [6.45, 7) is 2.46. The van der Waals surface area contributed by atoms with Crippen LogP contribution in [0.4, 0.5) is 4.39 Å². The Morgan fingerprint density at radius 3 is 2.79 bits per heavy atom. The first-order chi connectivity index (χ1) is 11.6. The predicted octanol–water partition coefficient (Wildman–Crippen LogP) is 2.12. The molecule has 0 unspecified atom stereocenters. The van der Waals surface area contributed by atoms with Crippen LogP contribution in [0.25, 0.3) is 0 Å². The van der Waals surface area contributed by atoms with E-state index in [0.29, 0.717) is 12.8 Å². The van der Waals surface area contributed by atoms with Crippen molar-refractivity contribution in [3.63, 3.8) is 0 Å². The standard InChI is InChI=1S/C18H27FN4O/c19-18(12-20-17(24)13-5-6-13)7-9-23(10-8-18)11-16-14-3-1-2-4-15(14)21-22-16/h13H,1-12H2,(H,20,24)(H,21,22). The minimum atomic E-state index is -1.24. The molecule has 5 nitrogen and oxygen atoms in total. The van der Waals surface area contributed by atoms with Gasteiger partial charge in [0.05, 0.1) is 12.2 Å². The highest BCUT2D eigenvalue weighted by atomic mass is 19.1. The van der Waals surface area contributed by atoms with Crippen molar-refractivity contribution in [1.82, 2.24) is 20.4 Å². The van der Waals surface area contributed by atoms with Gasteiger partial charge >= 0.3 is 0 Å². The van der Waals surface area contributed by atoms with Gasteiger partial charge < -0.3 is 5.32 Å². The number of hydrogen-bond donors (Lipinski definition) is 2. The monoisotopic (exact) mass is 334 g/mol. The van der Waals surface area contributed by atoms with E-state index < -0.39 is 5.67 Å². The van der Waals surface area contributed by atoms with Gasteiger partial charge in [0.25, 0.3) is 0 Å². The van der Waals surface area contributed by atoms with Gasteiger partial charge in [0.1, 0.15) is 5.67 Å². The topological polar surface area (TPSA) is 61.0 Å². The van der Waals surface area contributed by atoms with Crippen molar-refractivity contribution < 1.29 is 9.18 Å². The van der Waals surface area contributed by atoms with Gasteiger partial charge in [0, 0.05) is 31.2 Å². The fourth-order valence-electron chi connectivity index (χ4n) is 3.92. The maximum atomic E-state index is 14.9. The van der Waals surface area contributed by atoms with Gasteiger partial charge in [-0.05, 0) is 56.9 Å². The number of piperidine rings is 1. The average Bonchev–Trinajstić information content (AvgIpc) is 3.38. The van der Waals surface area contributed by atoms with Crippen LogP contribution in [0, 0.1) is 5.92 Å². The summed E-state index contributed by atoms with van der Waals surface area (Å²) in [7, 11) is 0. The lowest BCUT2D eigenvalue weighted by atomic mass is 9.92. The SMILES string of the molecule is O=C(NCC1(F)CCN(Cc2n[nH]c3c2CCCC3)CC1)C1CC1. The Morgan fingerprint density at radius 2 is 2.04 bits per heavy atom. The number of carbonyl (C=O) groups is 1. The molecule has 2 aliphatic carbocycles. The number of H-pyrrole nitrogens is 1. The highest BCUT2D eigenvalue weighted by Crippen LogP contribution is 2.31. The summed E-state index contributed by atoms with van der Waals surface area (Å²) in [5.74, 6) is 0.192. The maximum Gasteiger partial charge on any atom is 0.223 e. The number of fused-ring (bicyclic) bond motifs is 1. The molecule has 0 radical (unpaired) electrons. The number of likely N-dealkylation sites (tertiary alicyclic amines) is 1. The third-order valence-electron chi connectivity index (χ3n) is 5.80. The minimum Gasteiger partial charge on any atom is -0.353 e. The molecular weight excluding hydrogens is 307 g/mol. The Hall–Kier alpha value is -1.43. The van der Waals surface area contributed by atoms with Gasteiger partial charge in [-0.1, -0.05) is 0 Å². The average molecular weight is 334 g/mol. The molecule has 0 spiro atoms. The molecule has 0 bridgehead atoms. The first-order valence-corrected chi connectivity index (χ1v) is 9.37. The van der Waals surface area contributed by atoms with Crippen molar-refractivity contribution in [3.05, 3.63) is 17.0 Å². The first-order valence-electron chi connectivity index (χ1n) is 9.37. The molecule has 1 aromatic rings. The summed E-state index contributed by atoms with van der Waals surface area (Å²) in [6, 6.07) is 0. The van der Waals surface area contributed by atoms with Crippen LogP contribution >= 0.6 is 0 Å². The number of aryl methyl sites for hydroxylation is 1. The molecule has 1 saturated heterocycles. The van der Waals surface area contributed by atoms with Crippen molar-refractivity contribution in [2.75, 3.05) is 19.6 Å². The molecule has 0 aromatic carbocycles. The zero-order valence-electron chi connectivity index (χ0n) is 14.2. The molecule has 1 amide bonds. The zero-order valence-corrected chi connectivity index (χ0v) is 14.2. The number of carbonyl (C=O) groups excluding carboxylic acids is 1. The van der Waals surface area contributed by atoms with E-state index >= 15 is 0 Å². The highest BCUT2D eigenvalue weighted by Gasteiger charge is 2.37. The molecule has 3 aliphatic rings. The normalized spacial score (nSPS) is 23.7. The third kappa shape index (κ3) is 3.48. The molecule has 132 valence electrons. The smallest absolute Gasteiger partial charge is 0.223 e. The lowest BCUT2D eigenvalue weighted by Crippen LogP contribution is -2.48. The quantitative estimate of drug-likeness (QED) is 0.867. The van der Waals surface area contributed by atoms with Crippen molar-refractivity contribution in [2.24, 2.45) is 5.92 Å². The largest absolute Gasteiger partial charge is 0.353 e. The Morgan fingerprint density at radius 1 is 1.29 bits per heavy atom. The van der Waals surface area contributed by atoms with Crippen molar-refractivity contribution in [2.45, 2.75) is 63.6 Å². The second-order valence-corrected chi connectivity index (χ2v) is 7.75. The zero-order chi connectivity index (χ0) is 16.6. The summed E-state index contributed by atoms with van der Waals surface area (Å²) in [6.07, 6.45) is 7.63. The van der Waals surface area contributed by atoms with Gasteiger partial charge in [-0.15, -0.1) is 0 Å². The van der Waals surface area contributed by atoms with E-state index in [4.69, 9.17) is 0 Å². The van der Waals surface area contributed by atoms with Crippen molar-refractivity contribution in [3.8, 4) is 0 Å². The summed E-state index contributed by atoms with van der Waals surface area (Å²) >= 11 is 0. The lowest BCUT2D eigenvalue weighted by molar-refractivity contribution is -0.123. The molecule has 1 aromatic heterocycles. The van der Waals surface area contributed by atoms with Gasteiger partial charge in [0.2, 0.25) is 5.91 Å². The Kier molecular flexibility index (Phi) is 4.33. The molecule has 2 heterocycles. The summed E-state index contributed by atoms with van der Waals surface area (Å²) in [4.78, 5) is 14.0. The number of nitrogens with zero attached hydrogens (tertiary/aromatic N) is 2. The molecule has 24 heavy (non-hydrogen) atoms. The molecule has 0 atom stereocenters. The van der Waals surface area contributed by atoms with Gasteiger partial charge in [-0.3, -0.25) is 14.8 Å². The van der Waals surface area contributed by atoms with E-state index in [0.717, 1.165) is 51.0 Å². The number of aromatic nitrogens is 2. The minimum absolute atomic E-state index is 0.0394. The summed E-state index contributed by atoms with van der Waals surface area (Å²) in [5.41, 5.74) is 2.61. The molecular formula is C18H27FN4O. The molecule has 2 N–H and O–H groups in total. The Bertz CT molecular complexity index is 602. The maximum absolute atomic E-state index is 14.9. The molecule has 6 heteroatoms. The second kappa shape index (κ2) is 6.47. The molecule has 1 saturated carbocycles. The Labute approximate surface area is 142 Å². The Balaban J connectivity index is 1.28. The van der Waals surface area contributed by atoms with Crippen LogP contribution in [-0.2, 0) is 24.2 Å². The lowest BCUT2D eigenvalue weighted by Gasteiger charge is -2.36. The number of amides is 1. The highest BCUT2D eigenvalue weighted by molar-refractivity contribution is 5.80. The van der Waals surface area contributed by atoms with Gasteiger partial charge in [-0.2, -0.15) is 5.10 Å². The number of aromatic amines is 1.